The summed E-state index contributed by atoms with van der Waals surface area (Å²) in [6, 6.07) is 21.9. The SMILES string of the molecule is CC1(C)CC(=O)C2=C(C1)N(c1cccc(Cl)c1)C(=N)/C(=C(/O)c1ccccc1)C2c1ccc([N+](=O)[O-])cc1. The number of nitrogens with one attached hydrogen (secondary N) is 1. The van der Waals surface area contributed by atoms with Gasteiger partial charge < -0.3 is 5.11 Å². The van der Waals surface area contributed by atoms with Crippen LogP contribution in [0.1, 0.15) is 43.7 Å². The predicted molar refractivity (Wildman–Crippen MR) is 149 cm³/mol. The van der Waals surface area contributed by atoms with Gasteiger partial charge in [0.25, 0.3) is 5.69 Å². The van der Waals surface area contributed by atoms with Crippen LogP contribution in [0.4, 0.5) is 11.4 Å². The van der Waals surface area contributed by atoms with Gasteiger partial charge in [0.2, 0.25) is 0 Å². The lowest BCUT2D eigenvalue weighted by atomic mass is 9.67. The predicted octanol–water partition coefficient (Wildman–Crippen LogP) is 7.44. The summed E-state index contributed by atoms with van der Waals surface area (Å²) in [4.78, 5) is 26.4. The molecule has 38 heavy (non-hydrogen) atoms. The highest BCUT2D eigenvalue weighted by molar-refractivity contribution is 6.31. The lowest BCUT2D eigenvalue weighted by molar-refractivity contribution is -0.384. The Kier molecular flexibility index (Phi) is 6.41. The maximum Gasteiger partial charge on any atom is 0.269 e. The Morgan fingerprint density at radius 2 is 1.74 bits per heavy atom. The van der Waals surface area contributed by atoms with Crippen molar-refractivity contribution >= 4 is 40.4 Å². The second-order valence-electron chi connectivity index (χ2n) is 10.4. The minimum atomic E-state index is -0.780. The van der Waals surface area contributed by atoms with E-state index in [4.69, 9.17) is 11.6 Å². The van der Waals surface area contributed by atoms with E-state index in [1.807, 2.05) is 26.0 Å². The Morgan fingerprint density at radius 1 is 1.05 bits per heavy atom. The fourth-order valence-corrected chi connectivity index (χ4v) is 5.57. The van der Waals surface area contributed by atoms with Crippen LogP contribution in [0.5, 0.6) is 0 Å². The van der Waals surface area contributed by atoms with Gasteiger partial charge in [0.05, 0.1) is 4.92 Å². The van der Waals surface area contributed by atoms with Crippen molar-refractivity contribution < 1.29 is 14.8 Å². The number of carbonyl (C=O) groups is 1. The number of halogens is 1. The molecule has 1 atom stereocenters. The van der Waals surface area contributed by atoms with Crippen molar-refractivity contribution in [2.75, 3.05) is 4.90 Å². The van der Waals surface area contributed by atoms with Gasteiger partial charge in [0.15, 0.2) is 5.78 Å². The third kappa shape index (κ3) is 4.50. The molecule has 0 saturated carbocycles. The standard InChI is InChI=1S/C30H26ClN3O4/c1-30(2)16-23-26(24(35)17-30)25(18-11-13-21(14-12-18)34(37)38)27(28(36)19-7-4-3-5-8-19)29(32)33(23)22-10-6-9-20(31)15-22/h3-15,25,32,36H,16-17H2,1-2H3/b28-27+,32-29?. The van der Waals surface area contributed by atoms with Crippen LogP contribution in [-0.4, -0.2) is 21.6 Å². The van der Waals surface area contributed by atoms with Gasteiger partial charge in [-0.25, -0.2) is 0 Å². The highest BCUT2D eigenvalue weighted by atomic mass is 35.5. The van der Waals surface area contributed by atoms with Crippen LogP contribution in [0.2, 0.25) is 5.02 Å². The van der Waals surface area contributed by atoms with Crippen LogP contribution in [0.15, 0.2) is 95.7 Å². The van der Waals surface area contributed by atoms with Gasteiger partial charge in [-0.3, -0.25) is 25.2 Å². The van der Waals surface area contributed by atoms with Gasteiger partial charge in [-0.05, 0) is 35.6 Å². The Labute approximate surface area is 225 Å². The highest BCUT2D eigenvalue weighted by Crippen LogP contribution is 2.51. The summed E-state index contributed by atoms with van der Waals surface area (Å²) in [6.45, 7) is 4.03. The van der Waals surface area contributed by atoms with Crippen LogP contribution < -0.4 is 4.90 Å². The largest absolute Gasteiger partial charge is 0.507 e. The fraction of sp³-hybridized carbons (Fsp3) is 0.200. The molecule has 1 aliphatic heterocycles. The molecule has 0 saturated heterocycles. The van der Waals surface area contributed by atoms with Crippen molar-refractivity contribution in [1.82, 2.24) is 0 Å². The van der Waals surface area contributed by atoms with Crippen LogP contribution in [0, 0.1) is 20.9 Å². The Hall–Kier alpha value is -4.23. The van der Waals surface area contributed by atoms with Crippen molar-refractivity contribution in [2.24, 2.45) is 5.41 Å². The van der Waals surface area contributed by atoms with Crippen LogP contribution >= 0.6 is 11.6 Å². The number of amidine groups is 1. The minimum absolute atomic E-state index is 0.0150. The molecular weight excluding hydrogens is 502 g/mol. The van der Waals surface area contributed by atoms with Gasteiger partial charge in [0.1, 0.15) is 11.6 Å². The number of non-ortho nitro benzene ring substituents is 1. The summed E-state index contributed by atoms with van der Waals surface area (Å²) < 4.78 is 0. The molecule has 1 unspecified atom stereocenters. The monoisotopic (exact) mass is 527 g/mol. The van der Waals surface area contributed by atoms with E-state index in [1.165, 1.54) is 12.1 Å². The summed E-state index contributed by atoms with van der Waals surface area (Å²) in [6.07, 6.45) is 0.817. The Bertz CT molecular complexity index is 1520. The average molecular weight is 528 g/mol. The van der Waals surface area contributed by atoms with E-state index in [0.717, 1.165) is 0 Å². The molecule has 1 aliphatic carbocycles. The molecule has 0 spiro atoms. The van der Waals surface area contributed by atoms with E-state index in [2.05, 4.69) is 0 Å². The number of Topliss-reactive ketones (excluding diaryl/α,β-unsaturated/α-hetero) is 1. The first-order valence-corrected chi connectivity index (χ1v) is 12.6. The van der Waals surface area contributed by atoms with Crippen LogP contribution in [0.3, 0.4) is 0 Å². The minimum Gasteiger partial charge on any atom is -0.507 e. The zero-order valence-electron chi connectivity index (χ0n) is 20.9. The number of allylic oxidation sites excluding steroid dienone is 2. The molecular formula is C30H26ClN3O4. The van der Waals surface area contributed by atoms with Crippen molar-refractivity contribution in [3.63, 3.8) is 0 Å². The first kappa shape index (κ1) is 25.4. The number of carbonyl (C=O) groups excluding carboxylic acids is 1. The van der Waals surface area contributed by atoms with Crippen molar-refractivity contribution in [3.05, 3.63) is 122 Å². The number of aliphatic hydroxyl groups is 1. The number of nitro groups is 1. The molecule has 0 aromatic heterocycles. The number of ketones is 1. The number of nitrogens with zero attached hydrogens (tertiary/aromatic N) is 2. The van der Waals surface area contributed by atoms with E-state index in [9.17, 15) is 25.4 Å². The summed E-state index contributed by atoms with van der Waals surface area (Å²) in [5.41, 5.74) is 2.66. The van der Waals surface area contributed by atoms with Gasteiger partial charge in [-0.15, -0.1) is 0 Å². The quantitative estimate of drug-likeness (QED) is 0.208. The summed E-state index contributed by atoms with van der Waals surface area (Å²) >= 11 is 6.33. The molecule has 1 heterocycles. The Morgan fingerprint density at radius 3 is 2.37 bits per heavy atom. The van der Waals surface area contributed by atoms with Gasteiger partial charge in [-0.2, -0.15) is 0 Å². The van der Waals surface area contributed by atoms with E-state index in [1.54, 1.807) is 59.5 Å². The zero-order valence-corrected chi connectivity index (χ0v) is 21.7. The first-order chi connectivity index (χ1) is 18.1. The topological polar surface area (TPSA) is 108 Å². The summed E-state index contributed by atoms with van der Waals surface area (Å²) in [5.74, 6) is -0.980. The highest BCUT2D eigenvalue weighted by Gasteiger charge is 2.46. The summed E-state index contributed by atoms with van der Waals surface area (Å²) in [7, 11) is 0. The molecule has 0 radical (unpaired) electrons. The molecule has 2 aliphatic rings. The molecule has 0 amide bonds. The normalized spacial score (nSPS) is 20.3. The molecule has 192 valence electrons. The van der Waals surface area contributed by atoms with E-state index in [-0.39, 0.29) is 34.1 Å². The molecule has 0 fully saturated rings. The third-order valence-electron chi connectivity index (χ3n) is 7.03. The average Bonchev–Trinajstić information content (AvgIpc) is 2.87. The van der Waals surface area contributed by atoms with Crippen molar-refractivity contribution in [3.8, 4) is 0 Å². The second kappa shape index (κ2) is 9.58. The van der Waals surface area contributed by atoms with E-state index in [0.29, 0.717) is 45.9 Å². The number of rotatable bonds is 4. The van der Waals surface area contributed by atoms with Gasteiger partial charge in [-0.1, -0.05) is 74.0 Å². The number of hydrogen-bond acceptors (Lipinski definition) is 5. The molecule has 5 rings (SSSR count). The van der Waals surface area contributed by atoms with Crippen molar-refractivity contribution in [2.45, 2.75) is 32.6 Å². The molecule has 7 nitrogen and oxygen atoms in total. The van der Waals surface area contributed by atoms with Crippen LogP contribution in [0.25, 0.3) is 5.76 Å². The van der Waals surface area contributed by atoms with Gasteiger partial charge >= 0.3 is 0 Å². The number of anilines is 1. The third-order valence-corrected chi connectivity index (χ3v) is 7.26. The molecule has 0 bridgehead atoms. The number of aliphatic hydroxyl groups excluding tert-OH is 1. The van der Waals surface area contributed by atoms with Crippen LogP contribution in [-0.2, 0) is 4.79 Å². The molecule has 3 aromatic rings. The number of hydrogen-bond donors (Lipinski definition) is 2. The van der Waals surface area contributed by atoms with E-state index >= 15 is 0 Å². The zero-order chi connectivity index (χ0) is 27.2. The maximum absolute atomic E-state index is 13.9. The van der Waals surface area contributed by atoms with Gasteiger partial charge in [0, 0.05) is 57.6 Å². The maximum atomic E-state index is 13.9. The molecule has 3 aromatic carbocycles. The lowest BCUT2D eigenvalue weighted by Crippen LogP contribution is -2.45. The fourth-order valence-electron chi connectivity index (χ4n) is 5.39. The number of nitro benzene ring substituents is 1. The molecule has 8 heteroatoms. The lowest BCUT2D eigenvalue weighted by Gasteiger charge is -2.45. The number of benzene rings is 3. The second-order valence-corrected chi connectivity index (χ2v) is 10.8. The van der Waals surface area contributed by atoms with Crippen molar-refractivity contribution in [1.29, 1.82) is 5.41 Å². The molecule has 2 N–H and O–H groups in total. The smallest absolute Gasteiger partial charge is 0.269 e. The summed E-state index contributed by atoms with van der Waals surface area (Å²) in [5, 5.41) is 32.8. The Balaban J connectivity index is 1.84. The first-order valence-electron chi connectivity index (χ1n) is 12.2. The van der Waals surface area contributed by atoms with E-state index < -0.39 is 10.8 Å².